The average Bonchev–Trinajstić information content (AvgIpc) is 2.72. The van der Waals surface area contributed by atoms with Gasteiger partial charge in [0, 0.05) is 7.05 Å². The van der Waals surface area contributed by atoms with Gasteiger partial charge in [-0.2, -0.15) is 4.31 Å². The Kier molecular flexibility index (Phi) is 7.33. The summed E-state index contributed by atoms with van der Waals surface area (Å²) in [7, 11) is -2.97. The van der Waals surface area contributed by atoms with Crippen LogP contribution in [0.2, 0.25) is 0 Å². The number of benzene rings is 2. The summed E-state index contributed by atoms with van der Waals surface area (Å²) in [6.07, 6.45) is 0. The number of amides is 1. The van der Waals surface area contributed by atoms with Gasteiger partial charge in [-0.15, -0.1) is 0 Å². The molecule has 0 heterocycles. The summed E-state index contributed by atoms with van der Waals surface area (Å²) >= 11 is 0. The molecule has 31 heavy (non-hydrogen) atoms. The van der Waals surface area contributed by atoms with Crippen LogP contribution in [0.3, 0.4) is 0 Å². The lowest BCUT2D eigenvalue weighted by Gasteiger charge is -2.16. The lowest BCUT2D eigenvalue weighted by Crippen LogP contribution is -2.34. The lowest BCUT2D eigenvalue weighted by atomic mass is 10.2. The van der Waals surface area contributed by atoms with E-state index in [1.165, 1.54) is 17.4 Å². The molecule has 1 N–H and O–H groups in total. The summed E-state index contributed by atoms with van der Waals surface area (Å²) in [5.41, 5.74) is -0.808. The summed E-state index contributed by atoms with van der Waals surface area (Å²) < 4.78 is 96.2. The van der Waals surface area contributed by atoms with E-state index in [1.54, 1.807) is 19.1 Å². The van der Waals surface area contributed by atoms with Crippen molar-refractivity contribution in [2.24, 2.45) is 0 Å². The molecule has 0 saturated heterocycles. The van der Waals surface area contributed by atoms with Crippen molar-refractivity contribution in [3.05, 3.63) is 58.9 Å². The van der Waals surface area contributed by atoms with Gasteiger partial charge in [0.25, 0.3) is 5.91 Å². The summed E-state index contributed by atoms with van der Waals surface area (Å²) in [4.78, 5) is 23.4. The number of rotatable bonds is 7. The zero-order valence-corrected chi connectivity index (χ0v) is 16.8. The zero-order valence-electron chi connectivity index (χ0n) is 16.0. The fraction of sp³-hybridized carbons (Fsp3) is 0.222. The van der Waals surface area contributed by atoms with Crippen molar-refractivity contribution in [1.82, 2.24) is 4.31 Å². The second kappa shape index (κ2) is 9.39. The molecule has 2 aromatic rings. The van der Waals surface area contributed by atoms with E-state index in [-0.39, 0.29) is 4.90 Å². The van der Waals surface area contributed by atoms with Gasteiger partial charge in [-0.1, -0.05) is 17.7 Å². The van der Waals surface area contributed by atoms with Gasteiger partial charge in [-0.05, 0) is 19.1 Å². The molecular formula is C18H15F5N2O5S. The summed E-state index contributed by atoms with van der Waals surface area (Å²) in [5.74, 6) is -14.1. The highest BCUT2D eigenvalue weighted by atomic mass is 32.2. The molecule has 0 bridgehead atoms. The minimum atomic E-state index is -4.05. The lowest BCUT2D eigenvalue weighted by molar-refractivity contribution is -0.147. The van der Waals surface area contributed by atoms with E-state index in [1.807, 2.05) is 0 Å². The molecule has 168 valence electrons. The SMILES string of the molecule is Cc1ccc(S(=O)(=O)N(C)CC(=O)OCC(=O)Nc2c(F)c(F)c(F)c(F)c2F)cc1. The van der Waals surface area contributed by atoms with Gasteiger partial charge in [0.05, 0.1) is 4.90 Å². The van der Waals surface area contributed by atoms with Crippen LogP contribution in [-0.4, -0.2) is 44.8 Å². The van der Waals surface area contributed by atoms with E-state index in [0.29, 0.717) is 4.31 Å². The number of ether oxygens (including phenoxy) is 1. The predicted molar refractivity (Wildman–Crippen MR) is 96.8 cm³/mol. The van der Waals surface area contributed by atoms with Crippen molar-refractivity contribution in [2.45, 2.75) is 11.8 Å². The molecular weight excluding hydrogens is 451 g/mol. The molecule has 2 aromatic carbocycles. The first-order valence-electron chi connectivity index (χ1n) is 8.36. The van der Waals surface area contributed by atoms with E-state index >= 15 is 0 Å². The minimum Gasteiger partial charge on any atom is -0.455 e. The molecule has 1 amide bonds. The third kappa shape index (κ3) is 5.35. The molecule has 0 aliphatic rings. The quantitative estimate of drug-likeness (QED) is 0.293. The van der Waals surface area contributed by atoms with Crippen LogP contribution in [0, 0.1) is 36.0 Å². The van der Waals surface area contributed by atoms with Gasteiger partial charge in [0.2, 0.25) is 15.8 Å². The van der Waals surface area contributed by atoms with E-state index in [2.05, 4.69) is 4.74 Å². The molecule has 0 atom stereocenters. The van der Waals surface area contributed by atoms with E-state index in [4.69, 9.17) is 0 Å². The second-order valence-electron chi connectivity index (χ2n) is 6.23. The van der Waals surface area contributed by atoms with Crippen molar-refractivity contribution < 1.29 is 44.7 Å². The van der Waals surface area contributed by atoms with Crippen molar-refractivity contribution >= 4 is 27.6 Å². The van der Waals surface area contributed by atoms with Crippen LogP contribution in [0.5, 0.6) is 0 Å². The van der Waals surface area contributed by atoms with Crippen LogP contribution in [0.15, 0.2) is 29.2 Å². The molecule has 0 spiro atoms. The number of esters is 1. The summed E-state index contributed by atoms with van der Waals surface area (Å²) in [5, 5.41) is 1.41. The number of sulfonamides is 1. The van der Waals surface area contributed by atoms with Gasteiger partial charge < -0.3 is 10.1 Å². The van der Waals surface area contributed by atoms with E-state index in [0.717, 1.165) is 12.6 Å². The van der Waals surface area contributed by atoms with Crippen molar-refractivity contribution in [1.29, 1.82) is 0 Å². The number of anilines is 1. The molecule has 0 saturated carbocycles. The van der Waals surface area contributed by atoms with E-state index < -0.39 is 69.8 Å². The smallest absolute Gasteiger partial charge is 0.321 e. The Hall–Kier alpha value is -3.06. The van der Waals surface area contributed by atoms with E-state index in [9.17, 15) is 40.0 Å². The molecule has 2 rings (SSSR count). The van der Waals surface area contributed by atoms with Crippen LogP contribution >= 0.6 is 0 Å². The predicted octanol–water partition coefficient (Wildman–Crippen LogP) is 2.49. The van der Waals surface area contributed by atoms with Crippen molar-refractivity contribution in [2.75, 3.05) is 25.5 Å². The van der Waals surface area contributed by atoms with Gasteiger partial charge in [0.1, 0.15) is 12.2 Å². The Morgan fingerprint density at radius 3 is 1.94 bits per heavy atom. The first-order chi connectivity index (χ1) is 14.4. The highest BCUT2D eigenvalue weighted by Gasteiger charge is 2.27. The maximum Gasteiger partial charge on any atom is 0.321 e. The topological polar surface area (TPSA) is 92.8 Å². The normalized spacial score (nSPS) is 11.5. The first-order valence-corrected chi connectivity index (χ1v) is 9.80. The van der Waals surface area contributed by atoms with Gasteiger partial charge >= 0.3 is 5.97 Å². The molecule has 13 heteroatoms. The Morgan fingerprint density at radius 2 is 1.42 bits per heavy atom. The number of nitrogens with one attached hydrogen (secondary N) is 1. The highest BCUT2D eigenvalue weighted by Crippen LogP contribution is 2.27. The van der Waals surface area contributed by atoms with Crippen molar-refractivity contribution in [3.8, 4) is 0 Å². The number of hydrogen-bond acceptors (Lipinski definition) is 5. The Bertz CT molecular complexity index is 1090. The molecule has 0 fully saturated rings. The fourth-order valence-corrected chi connectivity index (χ4v) is 3.35. The summed E-state index contributed by atoms with van der Waals surface area (Å²) in [6, 6.07) is 5.74. The number of halogens is 5. The minimum absolute atomic E-state index is 0.0996. The van der Waals surface area contributed by atoms with Crippen LogP contribution in [0.4, 0.5) is 27.6 Å². The highest BCUT2D eigenvalue weighted by molar-refractivity contribution is 7.89. The monoisotopic (exact) mass is 466 g/mol. The van der Waals surface area contributed by atoms with Gasteiger partial charge in [-0.3, -0.25) is 9.59 Å². The second-order valence-corrected chi connectivity index (χ2v) is 8.27. The number of carbonyl (C=O) groups is 2. The largest absolute Gasteiger partial charge is 0.455 e. The molecule has 0 aliphatic carbocycles. The van der Waals surface area contributed by atoms with Crippen LogP contribution in [0.1, 0.15) is 5.56 Å². The molecule has 0 aromatic heterocycles. The zero-order chi connectivity index (χ0) is 23.5. The number of aryl methyl sites for hydroxylation is 1. The van der Waals surface area contributed by atoms with Crippen LogP contribution < -0.4 is 5.32 Å². The Labute approximate surface area is 173 Å². The molecule has 0 radical (unpaired) electrons. The summed E-state index contributed by atoms with van der Waals surface area (Å²) in [6.45, 7) is -0.238. The standard InChI is InChI=1S/C18H15F5N2O5S/c1-9-3-5-10(6-4-9)31(28,29)25(2)7-12(27)30-8-11(26)24-18-16(22)14(20)13(19)15(21)17(18)23/h3-6H,7-8H2,1-2H3,(H,24,26). The Balaban J connectivity index is 1.99. The number of nitrogens with zero attached hydrogens (tertiary/aromatic N) is 1. The molecule has 0 unspecified atom stereocenters. The van der Waals surface area contributed by atoms with Gasteiger partial charge in [0.15, 0.2) is 29.9 Å². The Morgan fingerprint density at radius 1 is 0.935 bits per heavy atom. The third-order valence-corrected chi connectivity index (χ3v) is 5.74. The average molecular weight is 466 g/mol. The number of hydrogen-bond donors (Lipinski definition) is 1. The molecule has 0 aliphatic heterocycles. The van der Waals surface area contributed by atoms with Gasteiger partial charge in [-0.25, -0.2) is 30.4 Å². The third-order valence-electron chi connectivity index (χ3n) is 3.92. The number of carbonyl (C=O) groups excluding carboxylic acids is 2. The fourth-order valence-electron chi connectivity index (χ4n) is 2.24. The number of likely N-dealkylation sites (N-methyl/N-ethyl adjacent to an activating group) is 1. The van der Waals surface area contributed by atoms with Crippen LogP contribution in [-0.2, 0) is 24.3 Å². The maximum atomic E-state index is 13.5. The van der Waals surface area contributed by atoms with Crippen molar-refractivity contribution in [3.63, 3.8) is 0 Å². The first kappa shape index (κ1) is 24.2. The molecule has 7 nitrogen and oxygen atoms in total. The maximum absolute atomic E-state index is 13.5. The van der Waals surface area contributed by atoms with Crippen LogP contribution in [0.25, 0.3) is 0 Å².